The lowest BCUT2D eigenvalue weighted by Crippen LogP contribution is -2.49. The molecule has 1 aromatic carbocycles. The van der Waals surface area contributed by atoms with Crippen LogP contribution in [0.5, 0.6) is 11.5 Å². The summed E-state index contributed by atoms with van der Waals surface area (Å²) in [6.45, 7) is 5.41. The zero-order valence-electron chi connectivity index (χ0n) is 15.6. The van der Waals surface area contributed by atoms with Gasteiger partial charge in [-0.05, 0) is 24.6 Å². The third kappa shape index (κ3) is 4.00. The standard InChI is InChI=1S/C18H22N6O4/c1-2-26-18(25)24-7-5-23(6-8-24)17-21-16(11-20-22-17)19-10-13-3-4-14-15(9-13)28-12-27-14/h3-4,9,11H,2,5-8,10,12H2,1H3,(H,19,21,22). The van der Waals surface area contributed by atoms with Gasteiger partial charge in [-0.3, -0.25) is 0 Å². The number of carbonyl (C=O) groups excluding carboxylic acids is 1. The first-order valence-corrected chi connectivity index (χ1v) is 9.21. The van der Waals surface area contributed by atoms with E-state index in [0.29, 0.717) is 51.1 Å². The van der Waals surface area contributed by atoms with Crippen molar-refractivity contribution in [1.29, 1.82) is 0 Å². The van der Waals surface area contributed by atoms with Crippen molar-refractivity contribution in [1.82, 2.24) is 20.1 Å². The van der Waals surface area contributed by atoms with Gasteiger partial charge in [-0.15, -0.1) is 5.10 Å². The minimum atomic E-state index is -0.277. The Morgan fingerprint density at radius 2 is 2.04 bits per heavy atom. The number of rotatable bonds is 5. The predicted molar refractivity (Wildman–Crippen MR) is 101 cm³/mol. The molecule has 10 heteroatoms. The summed E-state index contributed by atoms with van der Waals surface area (Å²) in [7, 11) is 0. The zero-order chi connectivity index (χ0) is 19.3. The van der Waals surface area contributed by atoms with Crippen LogP contribution >= 0.6 is 0 Å². The van der Waals surface area contributed by atoms with Crippen LogP contribution in [-0.2, 0) is 11.3 Å². The second-order valence-electron chi connectivity index (χ2n) is 6.36. The first-order valence-electron chi connectivity index (χ1n) is 9.21. The van der Waals surface area contributed by atoms with E-state index in [0.717, 1.165) is 17.1 Å². The molecule has 0 atom stereocenters. The Morgan fingerprint density at radius 1 is 1.21 bits per heavy atom. The first kappa shape index (κ1) is 18.1. The van der Waals surface area contributed by atoms with Gasteiger partial charge in [-0.1, -0.05) is 6.07 Å². The molecule has 2 aliphatic heterocycles. The van der Waals surface area contributed by atoms with Crippen LogP contribution in [0.15, 0.2) is 24.4 Å². The van der Waals surface area contributed by atoms with Crippen LogP contribution in [0.4, 0.5) is 16.6 Å². The molecule has 0 radical (unpaired) electrons. The molecule has 2 aliphatic rings. The predicted octanol–water partition coefficient (Wildman–Crippen LogP) is 1.49. The van der Waals surface area contributed by atoms with Gasteiger partial charge >= 0.3 is 6.09 Å². The molecule has 10 nitrogen and oxygen atoms in total. The molecule has 0 aliphatic carbocycles. The average molecular weight is 386 g/mol. The Kier molecular flexibility index (Phi) is 5.27. The fourth-order valence-electron chi connectivity index (χ4n) is 3.06. The SMILES string of the molecule is CCOC(=O)N1CCN(c2nncc(NCc3ccc4c(c3)OCO4)n2)CC1. The van der Waals surface area contributed by atoms with Crippen LogP contribution < -0.4 is 19.7 Å². The molecular formula is C18H22N6O4. The molecule has 2 aromatic rings. The maximum atomic E-state index is 11.8. The topological polar surface area (TPSA) is 102 Å². The lowest BCUT2D eigenvalue weighted by atomic mass is 10.2. The maximum absolute atomic E-state index is 11.8. The molecule has 1 fully saturated rings. The van der Waals surface area contributed by atoms with Crippen LogP contribution in [0.3, 0.4) is 0 Å². The monoisotopic (exact) mass is 386 g/mol. The summed E-state index contributed by atoms with van der Waals surface area (Å²) in [4.78, 5) is 20.0. The third-order valence-corrected chi connectivity index (χ3v) is 4.55. The van der Waals surface area contributed by atoms with Gasteiger partial charge in [0.25, 0.3) is 0 Å². The van der Waals surface area contributed by atoms with Gasteiger partial charge in [0.1, 0.15) is 0 Å². The molecule has 1 amide bonds. The lowest BCUT2D eigenvalue weighted by Gasteiger charge is -2.33. The highest BCUT2D eigenvalue weighted by atomic mass is 16.7. The number of hydrogen-bond donors (Lipinski definition) is 1. The Labute approximate surface area is 162 Å². The molecule has 0 saturated carbocycles. The summed E-state index contributed by atoms with van der Waals surface area (Å²) in [6, 6.07) is 5.82. The second kappa shape index (κ2) is 8.15. The molecule has 148 valence electrons. The summed E-state index contributed by atoms with van der Waals surface area (Å²) in [5.74, 6) is 2.69. The van der Waals surface area contributed by atoms with Crippen LogP contribution in [-0.4, -0.2) is 65.8 Å². The quantitative estimate of drug-likeness (QED) is 0.819. The number of nitrogens with one attached hydrogen (secondary N) is 1. The van der Waals surface area contributed by atoms with E-state index in [4.69, 9.17) is 14.2 Å². The fraction of sp³-hybridized carbons (Fsp3) is 0.444. The van der Waals surface area contributed by atoms with Gasteiger partial charge in [0, 0.05) is 32.7 Å². The van der Waals surface area contributed by atoms with Gasteiger partial charge in [0.05, 0.1) is 12.8 Å². The summed E-state index contributed by atoms with van der Waals surface area (Å²) < 4.78 is 15.8. The minimum absolute atomic E-state index is 0.259. The number of aromatic nitrogens is 3. The number of carbonyl (C=O) groups is 1. The van der Waals surface area contributed by atoms with Gasteiger partial charge in [0.15, 0.2) is 17.3 Å². The Balaban J connectivity index is 1.34. The van der Waals surface area contributed by atoms with Crippen LogP contribution in [0.2, 0.25) is 0 Å². The minimum Gasteiger partial charge on any atom is -0.454 e. The lowest BCUT2D eigenvalue weighted by molar-refractivity contribution is 0.105. The number of amides is 1. The molecule has 1 N–H and O–H groups in total. The van der Waals surface area contributed by atoms with Crippen molar-refractivity contribution in [3.63, 3.8) is 0 Å². The van der Waals surface area contributed by atoms with Crippen LogP contribution in [0.25, 0.3) is 0 Å². The van der Waals surface area contributed by atoms with Crippen molar-refractivity contribution in [2.45, 2.75) is 13.5 Å². The number of benzene rings is 1. The van der Waals surface area contributed by atoms with E-state index in [1.807, 2.05) is 23.1 Å². The summed E-state index contributed by atoms with van der Waals surface area (Å²) in [5.41, 5.74) is 1.05. The van der Waals surface area contributed by atoms with Crippen LogP contribution in [0.1, 0.15) is 12.5 Å². The van der Waals surface area contributed by atoms with E-state index < -0.39 is 0 Å². The molecule has 1 aromatic heterocycles. The number of piperazine rings is 1. The Morgan fingerprint density at radius 3 is 2.86 bits per heavy atom. The van der Waals surface area contributed by atoms with Gasteiger partial charge in [-0.2, -0.15) is 10.1 Å². The largest absolute Gasteiger partial charge is 0.454 e. The van der Waals surface area contributed by atoms with Crippen molar-refractivity contribution in [3.8, 4) is 11.5 Å². The summed E-state index contributed by atoms with van der Waals surface area (Å²) in [6.07, 6.45) is 1.31. The van der Waals surface area contributed by atoms with Crippen molar-refractivity contribution in [2.75, 3.05) is 49.8 Å². The highest BCUT2D eigenvalue weighted by molar-refractivity contribution is 5.68. The van der Waals surface area contributed by atoms with Gasteiger partial charge in [0.2, 0.25) is 12.7 Å². The second-order valence-corrected chi connectivity index (χ2v) is 6.36. The fourth-order valence-corrected chi connectivity index (χ4v) is 3.06. The van der Waals surface area contributed by atoms with Crippen molar-refractivity contribution < 1.29 is 19.0 Å². The molecule has 28 heavy (non-hydrogen) atoms. The molecule has 0 bridgehead atoms. The number of anilines is 2. The molecule has 1 saturated heterocycles. The molecular weight excluding hydrogens is 364 g/mol. The van der Waals surface area contributed by atoms with Crippen molar-refractivity contribution in [3.05, 3.63) is 30.0 Å². The average Bonchev–Trinajstić information content (AvgIpc) is 3.21. The summed E-state index contributed by atoms with van der Waals surface area (Å²) >= 11 is 0. The van der Waals surface area contributed by atoms with E-state index in [1.54, 1.807) is 18.0 Å². The molecule has 0 spiro atoms. The van der Waals surface area contributed by atoms with Gasteiger partial charge < -0.3 is 29.3 Å². The molecule has 4 rings (SSSR count). The number of fused-ring (bicyclic) bond motifs is 1. The number of ether oxygens (including phenoxy) is 3. The first-order chi connectivity index (χ1) is 13.7. The summed E-state index contributed by atoms with van der Waals surface area (Å²) in [5, 5.41) is 11.4. The molecule has 0 unspecified atom stereocenters. The van der Waals surface area contributed by atoms with Crippen molar-refractivity contribution >= 4 is 17.9 Å². The van der Waals surface area contributed by atoms with E-state index in [2.05, 4.69) is 20.5 Å². The van der Waals surface area contributed by atoms with E-state index >= 15 is 0 Å². The van der Waals surface area contributed by atoms with Gasteiger partial charge in [-0.25, -0.2) is 4.79 Å². The zero-order valence-corrected chi connectivity index (χ0v) is 15.6. The smallest absolute Gasteiger partial charge is 0.409 e. The van der Waals surface area contributed by atoms with Crippen LogP contribution in [0, 0.1) is 0 Å². The van der Waals surface area contributed by atoms with E-state index in [-0.39, 0.29) is 12.9 Å². The van der Waals surface area contributed by atoms with Crippen molar-refractivity contribution in [2.24, 2.45) is 0 Å². The number of hydrogen-bond acceptors (Lipinski definition) is 9. The maximum Gasteiger partial charge on any atom is 0.409 e. The highest BCUT2D eigenvalue weighted by Crippen LogP contribution is 2.32. The highest BCUT2D eigenvalue weighted by Gasteiger charge is 2.23. The van der Waals surface area contributed by atoms with E-state index in [9.17, 15) is 4.79 Å². The third-order valence-electron chi connectivity index (χ3n) is 4.55. The van der Waals surface area contributed by atoms with E-state index in [1.165, 1.54) is 0 Å². The molecule has 3 heterocycles. The Hall–Kier alpha value is -3.30. The number of nitrogens with zero attached hydrogens (tertiary/aromatic N) is 5. The Bertz CT molecular complexity index is 841. The normalized spacial score (nSPS) is 15.5.